The molecule has 0 bridgehead atoms. The second-order valence-corrected chi connectivity index (χ2v) is 28.4. The van der Waals surface area contributed by atoms with Gasteiger partial charge in [-0.2, -0.15) is 0 Å². The number of rotatable bonds is 70. The fourth-order valence-electron chi connectivity index (χ4n) is 11.5. The van der Waals surface area contributed by atoms with Gasteiger partial charge in [-0.15, -0.1) is 0 Å². The first kappa shape index (κ1) is 82.7. The molecule has 2 N–H and O–H groups in total. The van der Waals surface area contributed by atoms with E-state index in [0.29, 0.717) is 17.4 Å². The topological polar surface area (TPSA) is 108 Å². The summed E-state index contributed by atoms with van der Waals surface area (Å²) in [5, 5.41) is 14.0. The Bertz CT molecular complexity index is 1460. The minimum atomic E-state index is -4.61. The lowest BCUT2D eigenvalue weighted by Crippen LogP contribution is -2.45. The number of hydrogen-bond acceptors (Lipinski definition) is 6. The Hall–Kier alpha value is -1.28. The maximum absolute atomic E-state index is 13.0. The first-order chi connectivity index (χ1) is 41.0. The van der Waals surface area contributed by atoms with E-state index in [4.69, 9.17) is 9.05 Å². The van der Waals surface area contributed by atoms with E-state index in [2.05, 4.69) is 43.5 Å². The molecule has 0 heterocycles. The van der Waals surface area contributed by atoms with Crippen molar-refractivity contribution in [3.8, 4) is 0 Å². The Balaban J connectivity index is 4.02. The number of carbonyl (C=O) groups is 1. The Morgan fingerprint density at radius 2 is 0.667 bits per heavy atom. The molecular formula is C75H147N2O6P. The number of aliphatic hydroxyl groups excluding tert-OH is 1. The van der Waals surface area contributed by atoms with Crippen LogP contribution in [0.4, 0.5) is 0 Å². The van der Waals surface area contributed by atoms with Crippen LogP contribution >= 0.6 is 7.82 Å². The third-order valence-corrected chi connectivity index (χ3v) is 18.3. The lowest BCUT2D eigenvalue weighted by Gasteiger charge is -2.29. The van der Waals surface area contributed by atoms with Gasteiger partial charge in [-0.1, -0.05) is 359 Å². The Morgan fingerprint density at radius 3 is 0.964 bits per heavy atom. The molecule has 0 aliphatic carbocycles. The van der Waals surface area contributed by atoms with Gasteiger partial charge < -0.3 is 28.8 Å². The predicted molar refractivity (Wildman–Crippen MR) is 367 cm³/mol. The van der Waals surface area contributed by atoms with Crippen LogP contribution in [0.2, 0.25) is 0 Å². The summed E-state index contributed by atoms with van der Waals surface area (Å²) in [4.78, 5) is 25.7. The van der Waals surface area contributed by atoms with Gasteiger partial charge in [0.2, 0.25) is 5.91 Å². The minimum absolute atomic E-state index is 0.00426. The number of phosphoric ester groups is 1. The summed E-state index contributed by atoms with van der Waals surface area (Å²) in [6, 6.07) is -0.904. The summed E-state index contributed by atoms with van der Waals surface area (Å²) >= 11 is 0. The molecule has 84 heavy (non-hydrogen) atoms. The van der Waals surface area contributed by atoms with Crippen molar-refractivity contribution >= 4 is 13.7 Å². The van der Waals surface area contributed by atoms with Crippen LogP contribution in [0.1, 0.15) is 386 Å². The highest BCUT2D eigenvalue weighted by molar-refractivity contribution is 7.45. The number of phosphoric acid groups is 1. The number of unbranched alkanes of at least 4 members (excludes halogenated alkanes) is 53. The van der Waals surface area contributed by atoms with Crippen molar-refractivity contribution in [2.24, 2.45) is 0 Å². The van der Waals surface area contributed by atoms with Crippen molar-refractivity contribution in [2.45, 2.75) is 398 Å². The van der Waals surface area contributed by atoms with Gasteiger partial charge in [-0.3, -0.25) is 9.36 Å². The predicted octanol–water partition coefficient (Wildman–Crippen LogP) is 23.4. The van der Waals surface area contributed by atoms with Gasteiger partial charge in [0.15, 0.2) is 0 Å². The molecule has 0 aliphatic rings. The molecule has 8 nitrogen and oxygen atoms in total. The average Bonchev–Trinajstić information content (AvgIpc) is 3.56. The molecule has 498 valence electrons. The van der Waals surface area contributed by atoms with E-state index in [1.54, 1.807) is 6.08 Å². The number of aliphatic hydroxyl groups is 1. The normalized spacial score (nSPS) is 13.8. The third kappa shape index (κ3) is 68.2. The molecule has 0 spiro atoms. The van der Waals surface area contributed by atoms with Crippen LogP contribution in [0.3, 0.4) is 0 Å². The molecule has 3 unspecified atom stereocenters. The van der Waals surface area contributed by atoms with E-state index in [1.165, 1.54) is 327 Å². The molecule has 0 radical (unpaired) electrons. The Kier molecular flexibility index (Phi) is 65.1. The summed E-state index contributed by atoms with van der Waals surface area (Å²) < 4.78 is 23.5. The van der Waals surface area contributed by atoms with Crippen LogP contribution in [-0.4, -0.2) is 68.5 Å². The fourth-order valence-corrected chi connectivity index (χ4v) is 12.2. The molecule has 9 heteroatoms. The molecule has 0 fully saturated rings. The van der Waals surface area contributed by atoms with E-state index in [9.17, 15) is 19.4 Å². The summed E-state index contributed by atoms with van der Waals surface area (Å²) in [5.74, 6) is -0.199. The average molecular weight is 1200 g/mol. The van der Waals surface area contributed by atoms with Crippen LogP contribution in [0, 0.1) is 0 Å². The van der Waals surface area contributed by atoms with Crippen LogP contribution in [0.25, 0.3) is 0 Å². The fraction of sp³-hybridized carbons (Fsp3) is 0.907. The number of hydrogen-bond donors (Lipinski definition) is 2. The zero-order valence-electron chi connectivity index (χ0n) is 57.1. The maximum Gasteiger partial charge on any atom is 0.268 e. The molecule has 3 atom stereocenters. The van der Waals surface area contributed by atoms with Gasteiger partial charge in [-0.25, -0.2) is 0 Å². The maximum atomic E-state index is 13.0. The van der Waals surface area contributed by atoms with E-state index in [-0.39, 0.29) is 19.1 Å². The van der Waals surface area contributed by atoms with Gasteiger partial charge in [0.1, 0.15) is 13.2 Å². The second-order valence-electron chi connectivity index (χ2n) is 27.0. The molecule has 0 saturated heterocycles. The van der Waals surface area contributed by atoms with Crippen LogP contribution in [0.15, 0.2) is 36.5 Å². The summed E-state index contributed by atoms with van der Waals surface area (Å²) in [6.45, 7) is 4.69. The molecule has 0 saturated carbocycles. The number of nitrogens with zero attached hydrogens (tertiary/aromatic N) is 1. The van der Waals surface area contributed by atoms with Gasteiger partial charge in [-0.05, 0) is 57.8 Å². The van der Waals surface area contributed by atoms with Gasteiger partial charge in [0.05, 0.1) is 39.9 Å². The third-order valence-electron chi connectivity index (χ3n) is 17.3. The molecule has 1 amide bonds. The molecule has 0 rings (SSSR count). The Labute approximate surface area is 525 Å². The van der Waals surface area contributed by atoms with Gasteiger partial charge in [0.25, 0.3) is 7.82 Å². The van der Waals surface area contributed by atoms with Crippen LogP contribution in [0.5, 0.6) is 0 Å². The van der Waals surface area contributed by atoms with Crippen molar-refractivity contribution < 1.29 is 32.9 Å². The zero-order chi connectivity index (χ0) is 61.2. The smallest absolute Gasteiger partial charge is 0.268 e. The van der Waals surface area contributed by atoms with E-state index >= 15 is 0 Å². The standard InChI is InChI=1S/C75H147N2O6P/c1-6-8-10-12-14-16-18-20-22-24-26-28-30-32-34-36-37-38-39-41-43-45-47-49-51-53-55-57-59-61-63-65-67-69-75(79)76-73(72-83-84(80,81)82-71-70-77(3,4)5)74(78)68-66-64-62-60-58-56-54-52-50-48-46-44-42-40-35-33-31-29-27-25-23-21-19-17-15-13-11-9-7-2/h24,26,58,60,66,68,73-74,78H,6-23,25,27-57,59,61-65,67,69-72H2,1-5H3,(H-,76,79,80,81)/b26-24-,60-58+,68-66+. The van der Waals surface area contributed by atoms with Crippen molar-refractivity contribution in [2.75, 3.05) is 40.9 Å². The number of nitrogens with one attached hydrogen (secondary N) is 1. The SMILES string of the molecule is CCCCCCCCCC/C=C\CCCCCCCCCCCCCCCCCCCCCCCC(=O)NC(COP(=O)([O-])OCC[N+](C)(C)C)C(O)/C=C/CC/C=C/CCCCCCCCCCCCCCCCCCCCCCCCC. The molecular weight excluding hydrogens is 1060 g/mol. The van der Waals surface area contributed by atoms with E-state index < -0.39 is 20.0 Å². The summed E-state index contributed by atoms with van der Waals surface area (Å²) in [6.07, 6.45) is 88.7. The molecule has 0 aromatic rings. The van der Waals surface area contributed by atoms with Crippen molar-refractivity contribution in [3.05, 3.63) is 36.5 Å². The van der Waals surface area contributed by atoms with E-state index in [1.807, 2.05) is 27.2 Å². The number of likely N-dealkylation sites (N-methyl/N-ethyl adjacent to an activating group) is 1. The highest BCUT2D eigenvalue weighted by Gasteiger charge is 2.23. The minimum Gasteiger partial charge on any atom is -0.756 e. The lowest BCUT2D eigenvalue weighted by molar-refractivity contribution is -0.870. The second kappa shape index (κ2) is 66.1. The molecule has 0 aliphatic heterocycles. The first-order valence-corrected chi connectivity index (χ1v) is 38.8. The number of allylic oxidation sites excluding steroid dienone is 5. The van der Waals surface area contributed by atoms with Gasteiger partial charge in [0, 0.05) is 6.42 Å². The molecule has 0 aromatic carbocycles. The highest BCUT2D eigenvalue weighted by atomic mass is 31.2. The molecule has 0 aromatic heterocycles. The zero-order valence-corrected chi connectivity index (χ0v) is 58.0. The van der Waals surface area contributed by atoms with Crippen LogP contribution in [-0.2, 0) is 18.4 Å². The Morgan fingerprint density at radius 1 is 0.405 bits per heavy atom. The number of carbonyl (C=O) groups excluding carboxylic acids is 1. The van der Waals surface area contributed by atoms with E-state index in [0.717, 1.165) is 38.5 Å². The lowest BCUT2D eigenvalue weighted by atomic mass is 10.0. The first-order valence-electron chi connectivity index (χ1n) is 37.4. The number of amides is 1. The van der Waals surface area contributed by atoms with Crippen LogP contribution < -0.4 is 10.2 Å². The monoisotopic (exact) mass is 1200 g/mol. The quantitative estimate of drug-likeness (QED) is 0.0272. The van der Waals surface area contributed by atoms with Gasteiger partial charge >= 0.3 is 0 Å². The number of quaternary nitrogens is 1. The largest absolute Gasteiger partial charge is 0.756 e. The highest BCUT2D eigenvalue weighted by Crippen LogP contribution is 2.38. The van der Waals surface area contributed by atoms with Crippen molar-refractivity contribution in [1.82, 2.24) is 5.32 Å². The summed E-state index contributed by atoms with van der Waals surface area (Å²) in [5.41, 5.74) is 0. The van der Waals surface area contributed by atoms with Crippen molar-refractivity contribution in [1.29, 1.82) is 0 Å². The van der Waals surface area contributed by atoms with Crippen molar-refractivity contribution in [3.63, 3.8) is 0 Å². The summed E-state index contributed by atoms with van der Waals surface area (Å²) in [7, 11) is 1.26.